The maximum absolute atomic E-state index is 11.7. The minimum absolute atomic E-state index is 0.148. The number of carbonyl (C=O) groups is 1. The molecule has 1 aromatic carbocycles. The van der Waals surface area contributed by atoms with Crippen molar-refractivity contribution in [2.75, 3.05) is 6.61 Å². The molecule has 3 atom stereocenters. The predicted octanol–water partition coefficient (Wildman–Crippen LogP) is 3.09. The van der Waals surface area contributed by atoms with E-state index in [0.29, 0.717) is 24.9 Å². The molecule has 0 saturated heterocycles. The maximum atomic E-state index is 11.7. The molecule has 1 N–H and O–H groups in total. The monoisotopic (exact) mass is 248 g/mol. The fraction of sp³-hybridized carbons (Fsp3) is 0.533. The van der Waals surface area contributed by atoms with Crippen LogP contribution in [0.3, 0.4) is 0 Å². The Bertz CT molecular complexity index is 428. The van der Waals surface area contributed by atoms with E-state index in [4.69, 9.17) is 4.74 Å². The van der Waals surface area contributed by atoms with Crippen molar-refractivity contribution in [2.45, 2.75) is 32.6 Å². The summed E-state index contributed by atoms with van der Waals surface area (Å²) in [7, 11) is 0. The molecule has 1 aliphatic rings. The molecule has 3 heteroatoms. The summed E-state index contributed by atoms with van der Waals surface area (Å²) in [4.78, 5) is 11.7. The molecule has 1 aliphatic carbocycles. The van der Waals surface area contributed by atoms with Gasteiger partial charge in [0.25, 0.3) is 0 Å². The molecule has 18 heavy (non-hydrogen) atoms. The number of ether oxygens (including phenoxy) is 1. The second kappa shape index (κ2) is 5.42. The van der Waals surface area contributed by atoms with Crippen molar-refractivity contribution >= 4 is 5.97 Å². The second-order valence-electron chi connectivity index (χ2n) is 5.09. The van der Waals surface area contributed by atoms with Gasteiger partial charge in [-0.15, -0.1) is 0 Å². The Labute approximate surface area is 108 Å². The second-order valence-corrected chi connectivity index (χ2v) is 5.09. The van der Waals surface area contributed by atoms with Gasteiger partial charge in [0.05, 0.1) is 13.0 Å². The van der Waals surface area contributed by atoms with Gasteiger partial charge in [0.1, 0.15) is 5.75 Å². The van der Waals surface area contributed by atoms with E-state index in [1.165, 1.54) is 0 Å². The summed E-state index contributed by atoms with van der Waals surface area (Å²) >= 11 is 0. The van der Waals surface area contributed by atoms with E-state index in [-0.39, 0.29) is 17.6 Å². The number of hydrogen-bond acceptors (Lipinski definition) is 3. The number of esters is 1. The van der Waals surface area contributed by atoms with E-state index in [9.17, 15) is 9.90 Å². The molecule has 0 unspecified atom stereocenters. The van der Waals surface area contributed by atoms with Crippen LogP contribution >= 0.6 is 0 Å². The zero-order chi connectivity index (χ0) is 13.1. The summed E-state index contributed by atoms with van der Waals surface area (Å²) in [6, 6.07) is 7.22. The fourth-order valence-electron chi connectivity index (χ4n) is 2.58. The van der Waals surface area contributed by atoms with Crippen LogP contribution in [0.5, 0.6) is 5.75 Å². The summed E-state index contributed by atoms with van der Waals surface area (Å²) in [5.41, 5.74) is 1.04. The van der Waals surface area contributed by atoms with Gasteiger partial charge in [-0.1, -0.05) is 19.1 Å². The third kappa shape index (κ3) is 3.03. The van der Waals surface area contributed by atoms with Gasteiger partial charge in [-0.2, -0.15) is 0 Å². The summed E-state index contributed by atoms with van der Waals surface area (Å²) in [5, 5.41) is 9.55. The number of aromatic hydroxyl groups is 1. The minimum Gasteiger partial charge on any atom is -0.508 e. The predicted molar refractivity (Wildman–Crippen MR) is 69.4 cm³/mol. The first-order valence-electron chi connectivity index (χ1n) is 6.56. The smallest absolute Gasteiger partial charge is 0.306 e. The van der Waals surface area contributed by atoms with E-state index in [2.05, 4.69) is 6.92 Å². The third-order valence-corrected chi connectivity index (χ3v) is 3.68. The SMILES string of the molecule is CCOC(=O)C[C@H](c1cccc(O)c1)[C@H]1C[C@H]1C. The molecule has 1 saturated carbocycles. The average molecular weight is 248 g/mol. The van der Waals surface area contributed by atoms with Crippen molar-refractivity contribution in [3.63, 3.8) is 0 Å². The van der Waals surface area contributed by atoms with Crippen LogP contribution in [0.4, 0.5) is 0 Å². The minimum atomic E-state index is -0.148. The zero-order valence-corrected chi connectivity index (χ0v) is 10.9. The molecule has 3 nitrogen and oxygen atoms in total. The number of carbonyl (C=O) groups excluding carboxylic acids is 1. The largest absolute Gasteiger partial charge is 0.508 e. The molecule has 2 rings (SSSR count). The number of phenolic OH excluding ortho intramolecular Hbond substituents is 1. The molecular formula is C15H20O3. The maximum Gasteiger partial charge on any atom is 0.306 e. The van der Waals surface area contributed by atoms with Gasteiger partial charge >= 0.3 is 5.97 Å². The topological polar surface area (TPSA) is 46.5 Å². The summed E-state index contributed by atoms with van der Waals surface area (Å²) in [5.74, 6) is 1.48. The summed E-state index contributed by atoms with van der Waals surface area (Å²) < 4.78 is 5.04. The standard InChI is InChI=1S/C15H20O3/c1-3-18-15(17)9-14(13-7-10(13)2)11-5-4-6-12(16)8-11/h4-6,8,10,13-14,16H,3,7,9H2,1-2H3/t10-,13+,14-/m1/s1. The highest BCUT2D eigenvalue weighted by Crippen LogP contribution is 2.50. The molecular weight excluding hydrogens is 228 g/mol. The Kier molecular flexibility index (Phi) is 3.90. The highest BCUT2D eigenvalue weighted by molar-refractivity contribution is 5.70. The van der Waals surface area contributed by atoms with Crippen LogP contribution in [0.25, 0.3) is 0 Å². The lowest BCUT2D eigenvalue weighted by Gasteiger charge is -2.16. The van der Waals surface area contributed by atoms with Gasteiger partial charge in [0.15, 0.2) is 0 Å². The van der Waals surface area contributed by atoms with E-state index < -0.39 is 0 Å². The molecule has 98 valence electrons. The van der Waals surface area contributed by atoms with Crippen molar-refractivity contribution in [3.8, 4) is 5.75 Å². The number of benzene rings is 1. The Morgan fingerprint density at radius 3 is 2.83 bits per heavy atom. The molecule has 0 aliphatic heterocycles. The fourth-order valence-corrected chi connectivity index (χ4v) is 2.58. The van der Waals surface area contributed by atoms with Crippen molar-refractivity contribution in [1.29, 1.82) is 0 Å². The van der Waals surface area contributed by atoms with E-state index in [1.807, 2.05) is 19.1 Å². The van der Waals surface area contributed by atoms with Crippen molar-refractivity contribution in [2.24, 2.45) is 11.8 Å². The first kappa shape index (κ1) is 12.9. The lowest BCUT2D eigenvalue weighted by atomic mass is 9.90. The van der Waals surface area contributed by atoms with Gasteiger partial charge in [0, 0.05) is 0 Å². The molecule has 1 aromatic rings. The van der Waals surface area contributed by atoms with Crippen LogP contribution in [-0.2, 0) is 9.53 Å². The van der Waals surface area contributed by atoms with Gasteiger partial charge in [0.2, 0.25) is 0 Å². The molecule has 0 radical (unpaired) electrons. The van der Waals surface area contributed by atoms with E-state index in [0.717, 1.165) is 12.0 Å². The Balaban J connectivity index is 2.13. The van der Waals surface area contributed by atoms with Crippen LogP contribution in [0.2, 0.25) is 0 Å². The highest BCUT2D eigenvalue weighted by Gasteiger charge is 2.41. The van der Waals surface area contributed by atoms with Crippen LogP contribution in [0.15, 0.2) is 24.3 Å². The third-order valence-electron chi connectivity index (χ3n) is 3.68. The quantitative estimate of drug-likeness (QED) is 0.814. The molecule has 0 amide bonds. The lowest BCUT2D eigenvalue weighted by Crippen LogP contribution is -2.12. The van der Waals surface area contributed by atoms with Crippen molar-refractivity contribution in [1.82, 2.24) is 0 Å². The van der Waals surface area contributed by atoms with Gasteiger partial charge in [-0.05, 0) is 48.8 Å². The summed E-state index contributed by atoms with van der Waals surface area (Å²) in [6.45, 7) is 4.44. The van der Waals surface area contributed by atoms with Gasteiger partial charge in [-0.25, -0.2) is 0 Å². The Morgan fingerprint density at radius 2 is 2.28 bits per heavy atom. The number of rotatable bonds is 5. The van der Waals surface area contributed by atoms with Gasteiger partial charge in [-0.3, -0.25) is 4.79 Å². The average Bonchev–Trinajstić information content (AvgIpc) is 3.03. The highest BCUT2D eigenvalue weighted by atomic mass is 16.5. The van der Waals surface area contributed by atoms with Crippen LogP contribution in [-0.4, -0.2) is 17.7 Å². The first-order chi connectivity index (χ1) is 8.61. The number of hydrogen-bond donors (Lipinski definition) is 1. The van der Waals surface area contributed by atoms with Crippen molar-refractivity contribution in [3.05, 3.63) is 29.8 Å². The van der Waals surface area contributed by atoms with Crippen LogP contribution in [0, 0.1) is 11.8 Å². The summed E-state index contributed by atoms with van der Waals surface area (Å²) in [6.07, 6.45) is 1.56. The molecule has 1 fully saturated rings. The Hall–Kier alpha value is -1.51. The molecule has 0 aromatic heterocycles. The molecule has 0 heterocycles. The Morgan fingerprint density at radius 1 is 1.56 bits per heavy atom. The number of phenols is 1. The van der Waals surface area contributed by atoms with Crippen LogP contribution < -0.4 is 0 Å². The van der Waals surface area contributed by atoms with E-state index in [1.54, 1.807) is 12.1 Å². The molecule has 0 bridgehead atoms. The van der Waals surface area contributed by atoms with Crippen LogP contribution in [0.1, 0.15) is 38.2 Å². The zero-order valence-electron chi connectivity index (χ0n) is 10.9. The lowest BCUT2D eigenvalue weighted by molar-refractivity contribution is -0.143. The first-order valence-corrected chi connectivity index (χ1v) is 6.56. The molecule has 0 spiro atoms. The van der Waals surface area contributed by atoms with E-state index >= 15 is 0 Å². The van der Waals surface area contributed by atoms with Gasteiger partial charge < -0.3 is 9.84 Å². The normalized spacial score (nSPS) is 23.4. The van der Waals surface area contributed by atoms with Crippen molar-refractivity contribution < 1.29 is 14.6 Å².